The van der Waals surface area contributed by atoms with Gasteiger partial charge in [0.15, 0.2) is 0 Å². The largest absolute Gasteiger partial charge is 0.323 e. The first-order valence-corrected chi connectivity index (χ1v) is 5.59. The smallest absolute Gasteiger partial charge is 0.0705 e. The molecule has 0 fully saturated rings. The van der Waals surface area contributed by atoms with Crippen molar-refractivity contribution in [1.29, 1.82) is 0 Å². The molecule has 0 radical (unpaired) electrons. The number of hydrogen-bond donors (Lipinski definition) is 1. The molecule has 0 saturated carbocycles. The van der Waals surface area contributed by atoms with Crippen molar-refractivity contribution < 1.29 is 0 Å². The first-order valence-electron chi connectivity index (χ1n) is 5.59. The average molecular weight is 251 g/mol. The van der Waals surface area contributed by atoms with Crippen LogP contribution < -0.4 is 5.73 Å². The lowest BCUT2D eigenvalue weighted by atomic mass is 9.82. The summed E-state index contributed by atoms with van der Waals surface area (Å²) >= 11 is 0. The Morgan fingerprint density at radius 1 is 1.12 bits per heavy atom. The molecule has 92 valence electrons. The number of pyridine rings is 1. The molecule has 2 aromatic rings. The molecule has 2 nitrogen and oxygen atoms in total. The number of aromatic nitrogens is 1. The summed E-state index contributed by atoms with van der Waals surface area (Å²) in [6, 6.07) is 10.2. The van der Waals surface area contributed by atoms with Gasteiger partial charge in [-0.3, -0.25) is 4.98 Å². The Morgan fingerprint density at radius 2 is 1.76 bits per heavy atom. The van der Waals surface area contributed by atoms with Crippen molar-refractivity contribution in [2.45, 2.75) is 26.8 Å². The molecule has 1 aromatic heterocycles. The van der Waals surface area contributed by atoms with E-state index >= 15 is 0 Å². The van der Waals surface area contributed by atoms with Crippen LogP contribution >= 0.6 is 12.4 Å². The molecule has 2 rings (SSSR count). The van der Waals surface area contributed by atoms with Crippen LogP contribution in [0.5, 0.6) is 0 Å². The van der Waals surface area contributed by atoms with Gasteiger partial charge in [-0.05, 0) is 23.1 Å². The van der Waals surface area contributed by atoms with Crippen LogP contribution in [0.4, 0.5) is 0 Å². The van der Waals surface area contributed by atoms with E-state index in [4.69, 9.17) is 5.73 Å². The Labute approximate surface area is 109 Å². The minimum absolute atomic E-state index is 0. The van der Waals surface area contributed by atoms with E-state index in [1.807, 2.05) is 30.5 Å². The summed E-state index contributed by atoms with van der Waals surface area (Å²) in [5.41, 5.74) is 8.56. The van der Waals surface area contributed by atoms with Crippen LogP contribution in [0.3, 0.4) is 0 Å². The number of nitrogens with two attached hydrogens (primary N) is 1. The number of rotatable bonds is 1. The second-order valence-electron chi connectivity index (χ2n) is 5.26. The van der Waals surface area contributed by atoms with E-state index in [2.05, 4.69) is 31.8 Å². The molecule has 0 unspecified atom stereocenters. The van der Waals surface area contributed by atoms with Crippen LogP contribution in [0.15, 0.2) is 36.5 Å². The first-order chi connectivity index (χ1) is 7.50. The zero-order chi connectivity index (χ0) is 11.8. The SMILES string of the molecule is CC(C)(C)[C@@H](N)c1ccnc2ccccc12.Cl. The average Bonchev–Trinajstić information content (AvgIpc) is 2.26. The second kappa shape index (κ2) is 5.03. The maximum Gasteiger partial charge on any atom is 0.0705 e. The van der Waals surface area contributed by atoms with Crippen molar-refractivity contribution in [3.05, 3.63) is 42.1 Å². The summed E-state index contributed by atoms with van der Waals surface area (Å²) < 4.78 is 0. The lowest BCUT2D eigenvalue weighted by molar-refractivity contribution is 0.328. The van der Waals surface area contributed by atoms with E-state index < -0.39 is 0 Å². The molecule has 17 heavy (non-hydrogen) atoms. The molecular formula is C14H19ClN2. The number of halogens is 1. The number of para-hydroxylation sites is 1. The van der Waals surface area contributed by atoms with Gasteiger partial charge in [0, 0.05) is 17.6 Å². The van der Waals surface area contributed by atoms with Gasteiger partial charge in [-0.2, -0.15) is 0 Å². The Kier molecular flexibility index (Phi) is 4.12. The van der Waals surface area contributed by atoms with Gasteiger partial charge in [0.1, 0.15) is 0 Å². The molecular weight excluding hydrogens is 232 g/mol. The van der Waals surface area contributed by atoms with Crippen LogP contribution in [-0.4, -0.2) is 4.98 Å². The van der Waals surface area contributed by atoms with Gasteiger partial charge >= 0.3 is 0 Å². The van der Waals surface area contributed by atoms with E-state index in [1.54, 1.807) is 0 Å². The number of benzene rings is 1. The Bertz CT molecular complexity index is 498. The van der Waals surface area contributed by atoms with E-state index in [-0.39, 0.29) is 23.9 Å². The summed E-state index contributed by atoms with van der Waals surface area (Å²) in [4.78, 5) is 4.35. The van der Waals surface area contributed by atoms with Gasteiger partial charge in [0.2, 0.25) is 0 Å². The van der Waals surface area contributed by atoms with E-state index in [0.29, 0.717) is 0 Å². The van der Waals surface area contributed by atoms with Crippen molar-refractivity contribution >= 4 is 23.3 Å². The molecule has 2 N–H and O–H groups in total. The third-order valence-corrected chi connectivity index (χ3v) is 2.95. The zero-order valence-electron chi connectivity index (χ0n) is 10.5. The summed E-state index contributed by atoms with van der Waals surface area (Å²) in [5, 5.41) is 1.16. The number of hydrogen-bond acceptors (Lipinski definition) is 2. The highest BCUT2D eigenvalue weighted by Crippen LogP contribution is 2.33. The molecule has 0 bridgehead atoms. The molecule has 0 spiro atoms. The van der Waals surface area contributed by atoms with Gasteiger partial charge in [-0.15, -0.1) is 12.4 Å². The molecule has 1 aromatic carbocycles. The monoisotopic (exact) mass is 250 g/mol. The Morgan fingerprint density at radius 3 is 2.41 bits per heavy atom. The molecule has 0 aliphatic rings. The van der Waals surface area contributed by atoms with Gasteiger partial charge in [-0.1, -0.05) is 39.0 Å². The summed E-state index contributed by atoms with van der Waals surface area (Å²) in [5.74, 6) is 0. The standard InChI is InChI=1S/C14H18N2.ClH/c1-14(2,3)13(15)11-8-9-16-12-7-5-4-6-10(11)12;/h4-9,13H,15H2,1-3H3;1H/t13-;/m0./s1. The van der Waals surface area contributed by atoms with E-state index in [0.717, 1.165) is 10.9 Å². The van der Waals surface area contributed by atoms with Gasteiger partial charge in [0.05, 0.1) is 5.52 Å². The molecule has 0 saturated heterocycles. The highest BCUT2D eigenvalue weighted by molar-refractivity contribution is 5.85. The number of fused-ring (bicyclic) bond motifs is 1. The molecule has 1 heterocycles. The summed E-state index contributed by atoms with van der Waals surface area (Å²) in [6.45, 7) is 6.48. The van der Waals surface area contributed by atoms with Gasteiger partial charge < -0.3 is 5.73 Å². The third kappa shape index (κ3) is 2.76. The van der Waals surface area contributed by atoms with Crippen LogP contribution in [-0.2, 0) is 0 Å². The first kappa shape index (κ1) is 13.9. The Hall–Kier alpha value is -1.12. The summed E-state index contributed by atoms with van der Waals surface area (Å²) in [7, 11) is 0. The topological polar surface area (TPSA) is 38.9 Å². The van der Waals surface area contributed by atoms with Crippen LogP contribution in [0.2, 0.25) is 0 Å². The maximum absolute atomic E-state index is 6.31. The fourth-order valence-electron chi connectivity index (χ4n) is 1.86. The van der Waals surface area contributed by atoms with Crippen molar-refractivity contribution in [3.63, 3.8) is 0 Å². The highest BCUT2D eigenvalue weighted by Gasteiger charge is 2.23. The van der Waals surface area contributed by atoms with Crippen LogP contribution in [0.1, 0.15) is 32.4 Å². The predicted molar refractivity (Wildman–Crippen MR) is 75.4 cm³/mol. The van der Waals surface area contributed by atoms with Crippen molar-refractivity contribution in [1.82, 2.24) is 4.98 Å². The maximum atomic E-state index is 6.31. The minimum Gasteiger partial charge on any atom is -0.323 e. The van der Waals surface area contributed by atoms with Crippen molar-refractivity contribution in [2.24, 2.45) is 11.1 Å². The van der Waals surface area contributed by atoms with Crippen molar-refractivity contribution in [2.75, 3.05) is 0 Å². The normalized spacial score (nSPS) is 13.2. The molecule has 1 atom stereocenters. The summed E-state index contributed by atoms with van der Waals surface area (Å²) in [6.07, 6.45) is 1.84. The highest BCUT2D eigenvalue weighted by atomic mass is 35.5. The minimum atomic E-state index is 0. The number of nitrogens with zero attached hydrogens (tertiary/aromatic N) is 1. The third-order valence-electron chi connectivity index (χ3n) is 2.95. The molecule has 3 heteroatoms. The van der Waals surface area contributed by atoms with Gasteiger partial charge in [-0.25, -0.2) is 0 Å². The van der Waals surface area contributed by atoms with Crippen LogP contribution in [0.25, 0.3) is 10.9 Å². The zero-order valence-corrected chi connectivity index (χ0v) is 11.3. The second-order valence-corrected chi connectivity index (χ2v) is 5.26. The lowest BCUT2D eigenvalue weighted by Crippen LogP contribution is -2.26. The molecule has 0 aliphatic heterocycles. The van der Waals surface area contributed by atoms with Crippen molar-refractivity contribution in [3.8, 4) is 0 Å². The Balaban J connectivity index is 0.00000144. The molecule has 0 aliphatic carbocycles. The predicted octanol–water partition coefficient (Wildman–Crippen LogP) is 3.70. The van der Waals surface area contributed by atoms with E-state index in [9.17, 15) is 0 Å². The fourth-order valence-corrected chi connectivity index (χ4v) is 1.86. The lowest BCUT2D eigenvalue weighted by Gasteiger charge is -2.28. The quantitative estimate of drug-likeness (QED) is 0.838. The fraction of sp³-hybridized carbons (Fsp3) is 0.357. The van der Waals surface area contributed by atoms with Gasteiger partial charge in [0.25, 0.3) is 0 Å². The van der Waals surface area contributed by atoms with E-state index in [1.165, 1.54) is 5.56 Å². The molecule has 0 amide bonds. The van der Waals surface area contributed by atoms with Crippen LogP contribution in [0, 0.1) is 5.41 Å².